The zero-order valence-corrected chi connectivity index (χ0v) is 19.7. The van der Waals surface area contributed by atoms with Crippen molar-refractivity contribution in [3.8, 4) is 0 Å². The molecular formula is C22H30N6O7. The number of unbranched alkanes of at least 4 members (excludes halogenated alkanes) is 1. The number of esters is 1. The second kappa shape index (κ2) is 12.9. The summed E-state index contributed by atoms with van der Waals surface area (Å²) in [4.78, 5) is 63.5. The molecule has 0 spiro atoms. The lowest BCUT2D eigenvalue weighted by Gasteiger charge is -2.24. The predicted molar refractivity (Wildman–Crippen MR) is 130 cm³/mol. The predicted octanol–water partition coefficient (Wildman–Crippen LogP) is 1.62. The van der Waals surface area contributed by atoms with Gasteiger partial charge in [0.2, 0.25) is 0 Å². The molecule has 0 aliphatic heterocycles. The number of H-pyrrole nitrogens is 1. The topological polar surface area (TPSA) is 183 Å². The molecule has 35 heavy (non-hydrogen) atoms. The lowest BCUT2D eigenvalue weighted by molar-refractivity contribution is -0.384. The fourth-order valence-electron chi connectivity index (χ4n) is 3.34. The minimum Gasteiger partial charge on any atom is -0.455 e. The van der Waals surface area contributed by atoms with Crippen LogP contribution in [0.4, 0.5) is 22.9 Å². The number of benzene rings is 1. The maximum Gasteiger partial charge on any atom is 0.330 e. The van der Waals surface area contributed by atoms with Crippen LogP contribution in [-0.4, -0.2) is 46.0 Å². The number of hydrogen-bond acceptors (Lipinski definition) is 9. The van der Waals surface area contributed by atoms with Gasteiger partial charge in [0.25, 0.3) is 17.2 Å². The molecule has 0 aliphatic carbocycles. The summed E-state index contributed by atoms with van der Waals surface area (Å²) >= 11 is 0. The second-order valence-corrected chi connectivity index (χ2v) is 7.66. The molecule has 4 N–H and O–H groups in total. The van der Waals surface area contributed by atoms with E-state index in [2.05, 4.69) is 10.3 Å². The maximum atomic E-state index is 12.9. The molecule has 1 aromatic carbocycles. The van der Waals surface area contributed by atoms with Gasteiger partial charge in [-0.1, -0.05) is 32.4 Å². The quantitative estimate of drug-likeness (QED) is 0.213. The molecule has 0 aliphatic rings. The molecular weight excluding hydrogens is 460 g/mol. The van der Waals surface area contributed by atoms with Gasteiger partial charge >= 0.3 is 11.7 Å². The van der Waals surface area contributed by atoms with Crippen molar-refractivity contribution in [2.45, 2.75) is 46.1 Å². The molecule has 0 unspecified atom stereocenters. The fourth-order valence-corrected chi connectivity index (χ4v) is 3.34. The highest BCUT2D eigenvalue weighted by atomic mass is 16.6. The minimum absolute atomic E-state index is 0.0476. The number of aromatic nitrogens is 2. The average molecular weight is 491 g/mol. The van der Waals surface area contributed by atoms with Crippen molar-refractivity contribution >= 4 is 34.8 Å². The molecule has 0 atom stereocenters. The summed E-state index contributed by atoms with van der Waals surface area (Å²) in [7, 11) is 0. The van der Waals surface area contributed by atoms with Crippen molar-refractivity contribution in [3.05, 3.63) is 55.2 Å². The largest absolute Gasteiger partial charge is 0.455 e. The zero-order valence-electron chi connectivity index (χ0n) is 19.7. The van der Waals surface area contributed by atoms with Crippen LogP contribution in [0.1, 0.15) is 39.5 Å². The van der Waals surface area contributed by atoms with E-state index in [1.807, 2.05) is 13.8 Å². The van der Waals surface area contributed by atoms with E-state index in [1.165, 1.54) is 22.8 Å². The van der Waals surface area contributed by atoms with E-state index in [9.17, 15) is 29.3 Å². The molecule has 2 aromatic rings. The van der Waals surface area contributed by atoms with E-state index in [0.717, 1.165) is 4.90 Å². The van der Waals surface area contributed by atoms with Gasteiger partial charge in [-0.15, -0.1) is 0 Å². The Balaban J connectivity index is 2.07. The normalized spacial score (nSPS) is 10.6. The average Bonchev–Trinajstić information content (AvgIpc) is 2.82. The van der Waals surface area contributed by atoms with Gasteiger partial charge in [0.05, 0.1) is 11.3 Å². The van der Waals surface area contributed by atoms with Gasteiger partial charge < -0.3 is 20.7 Å². The van der Waals surface area contributed by atoms with Crippen LogP contribution in [0.15, 0.2) is 33.9 Å². The second-order valence-electron chi connectivity index (χ2n) is 7.66. The van der Waals surface area contributed by atoms with Crippen LogP contribution in [0.3, 0.4) is 0 Å². The lowest BCUT2D eigenvalue weighted by atomic mass is 10.2. The van der Waals surface area contributed by atoms with Crippen molar-refractivity contribution < 1.29 is 19.2 Å². The molecule has 0 fully saturated rings. The van der Waals surface area contributed by atoms with Gasteiger partial charge in [-0.05, 0) is 18.9 Å². The Hall–Kier alpha value is -4.16. The van der Waals surface area contributed by atoms with Crippen LogP contribution in [-0.2, 0) is 20.9 Å². The first-order valence-electron chi connectivity index (χ1n) is 11.3. The molecule has 0 saturated carbocycles. The summed E-state index contributed by atoms with van der Waals surface area (Å²) in [6, 6.07) is 5.99. The minimum atomic E-state index is -0.802. The van der Waals surface area contributed by atoms with Crippen molar-refractivity contribution in [3.63, 3.8) is 0 Å². The van der Waals surface area contributed by atoms with E-state index >= 15 is 0 Å². The first-order chi connectivity index (χ1) is 16.7. The highest BCUT2D eigenvalue weighted by Gasteiger charge is 2.24. The standard InChI is InChI=1S/C22H30N6O7/c1-3-5-13-26(19-20(23)27(12-4-2)22(32)25-21(19)31)17(29)14-35-18(30)10-11-24-15-8-6-7-9-16(15)28(33)34/h6-9,24H,3-5,10-14,23H2,1-2H3,(H,25,31,32). The Morgan fingerprint density at radius 1 is 1.23 bits per heavy atom. The Labute approximate surface area is 201 Å². The number of ether oxygens (including phenoxy) is 1. The summed E-state index contributed by atoms with van der Waals surface area (Å²) in [5.74, 6) is -1.51. The van der Waals surface area contributed by atoms with Crippen molar-refractivity contribution in [1.29, 1.82) is 0 Å². The number of nitro benzene ring substituents is 1. The number of nitrogens with zero attached hydrogens (tertiary/aromatic N) is 3. The summed E-state index contributed by atoms with van der Waals surface area (Å²) in [6.07, 6.45) is 1.69. The third-order valence-electron chi connectivity index (χ3n) is 5.07. The molecule has 1 aromatic heterocycles. The van der Waals surface area contributed by atoms with E-state index < -0.39 is 34.7 Å². The lowest BCUT2D eigenvalue weighted by Crippen LogP contribution is -2.43. The maximum absolute atomic E-state index is 12.9. The number of nitro groups is 1. The highest BCUT2D eigenvalue weighted by molar-refractivity contribution is 5.97. The van der Waals surface area contributed by atoms with E-state index in [1.54, 1.807) is 6.07 Å². The summed E-state index contributed by atoms with van der Waals surface area (Å²) in [6.45, 7) is 3.54. The summed E-state index contributed by atoms with van der Waals surface area (Å²) < 4.78 is 6.24. The number of aromatic amines is 1. The summed E-state index contributed by atoms with van der Waals surface area (Å²) in [5.41, 5.74) is 4.57. The number of para-hydroxylation sites is 2. The van der Waals surface area contributed by atoms with Gasteiger partial charge in [-0.25, -0.2) is 4.79 Å². The number of anilines is 3. The fraction of sp³-hybridized carbons (Fsp3) is 0.455. The van der Waals surface area contributed by atoms with E-state index in [4.69, 9.17) is 10.5 Å². The monoisotopic (exact) mass is 490 g/mol. The van der Waals surface area contributed by atoms with Gasteiger partial charge in [0.1, 0.15) is 11.5 Å². The number of hydrogen-bond donors (Lipinski definition) is 3. The Morgan fingerprint density at radius 2 is 1.94 bits per heavy atom. The number of nitrogen functional groups attached to an aromatic ring is 1. The molecule has 0 radical (unpaired) electrons. The number of rotatable bonds is 13. The van der Waals surface area contributed by atoms with Crippen LogP contribution in [0.25, 0.3) is 0 Å². The number of nitrogens with two attached hydrogens (primary N) is 1. The number of nitrogens with one attached hydrogen (secondary N) is 2. The van der Waals surface area contributed by atoms with Crippen molar-refractivity contribution in [2.75, 3.05) is 35.6 Å². The Morgan fingerprint density at radius 3 is 2.60 bits per heavy atom. The summed E-state index contributed by atoms with van der Waals surface area (Å²) in [5, 5.41) is 13.9. The van der Waals surface area contributed by atoms with Gasteiger partial charge in [-0.3, -0.25) is 34.0 Å². The number of carbonyl (C=O) groups excluding carboxylic acids is 2. The Kier molecular flexibility index (Phi) is 9.99. The zero-order chi connectivity index (χ0) is 26.0. The van der Waals surface area contributed by atoms with E-state index in [0.29, 0.717) is 19.3 Å². The third kappa shape index (κ3) is 7.16. The SMILES string of the molecule is CCCCN(C(=O)COC(=O)CCNc1ccccc1[N+](=O)[O-])c1c(N)n(CCC)c(=O)[nH]c1=O. The first-order valence-corrected chi connectivity index (χ1v) is 11.3. The van der Waals surface area contributed by atoms with Crippen molar-refractivity contribution in [2.24, 2.45) is 0 Å². The van der Waals surface area contributed by atoms with Crippen molar-refractivity contribution in [1.82, 2.24) is 9.55 Å². The first kappa shape index (κ1) is 27.1. The highest BCUT2D eigenvalue weighted by Crippen LogP contribution is 2.23. The molecule has 2 rings (SSSR count). The molecule has 1 amide bonds. The molecule has 13 nitrogen and oxygen atoms in total. The van der Waals surface area contributed by atoms with Crippen LogP contribution >= 0.6 is 0 Å². The van der Waals surface area contributed by atoms with Crippen LogP contribution in [0.2, 0.25) is 0 Å². The van der Waals surface area contributed by atoms with Crippen LogP contribution in [0, 0.1) is 10.1 Å². The smallest absolute Gasteiger partial charge is 0.330 e. The van der Waals surface area contributed by atoms with E-state index in [-0.39, 0.29) is 48.9 Å². The molecule has 0 saturated heterocycles. The molecule has 13 heteroatoms. The Bertz CT molecular complexity index is 1170. The third-order valence-corrected chi connectivity index (χ3v) is 5.07. The van der Waals surface area contributed by atoms with Gasteiger partial charge in [0, 0.05) is 25.7 Å². The van der Waals surface area contributed by atoms with Gasteiger partial charge in [0.15, 0.2) is 12.3 Å². The number of carbonyl (C=O) groups is 2. The molecule has 0 bridgehead atoms. The number of amides is 1. The van der Waals surface area contributed by atoms with Crippen LogP contribution < -0.4 is 27.2 Å². The van der Waals surface area contributed by atoms with Crippen LogP contribution in [0.5, 0.6) is 0 Å². The molecule has 1 heterocycles. The molecule has 190 valence electrons. The van der Waals surface area contributed by atoms with Gasteiger partial charge in [-0.2, -0.15) is 0 Å².